The molecule has 0 aromatic heterocycles. The first-order valence-corrected chi connectivity index (χ1v) is 10.4. The number of hydrogen-bond acceptors (Lipinski definition) is 4. The van der Waals surface area contributed by atoms with Gasteiger partial charge >= 0.3 is 0 Å². The summed E-state index contributed by atoms with van der Waals surface area (Å²) in [6.07, 6.45) is 0.743. The summed E-state index contributed by atoms with van der Waals surface area (Å²) >= 11 is 0.806. The average molecular weight is 404 g/mol. The second-order valence-electron chi connectivity index (χ2n) is 8.58. The van der Waals surface area contributed by atoms with Gasteiger partial charge in [-0.15, -0.1) is 0 Å². The third kappa shape index (κ3) is 2.38. The number of benzene rings is 2. The second-order valence-corrected chi connectivity index (χ2v) is 9.56. The van der Waals surface area contributed by atoms with Crippen molar-refractivity contribution in [3.63, 3.8) is 0 Å². The van der Waals surface area contributed by atoms with Crippen LogP contribution < -0.4 is 10.2 Å². The number of para-hydroxylation sites is 1. The van der Waals surface area contributed by atoms with Crippen LogP contribution >= 0.6 is 11.8 Å². The number of hydrogen-bond donors (Lipinski definition) is 1. The molecule has 5 rings (SSSR count). The maximum absolute atomic E-state index is 13.5. The molecule has 5 nitrogen and oxygen atoms in total. The van der Waals surface area contributed by atoms with E-state index in [9.17, 15) is 14.4 Å². The highest BCUT2D eigenvalue weighted by atomic mass is 32.2. The van der Waals surface area contributed by atoms with Crippen molar-refractivity contribution in [2.45, 2.75) is 38.1 Å². The van der Waals surface area contributed by atoms with Crippen LogP contribution in [0.2, 0.25) is 0 Å². The summed E-state index contributed by atoms with van der Waals surface area (Å²) < 4.78 is 0. The van der Waals surface area contributed by atoms with Gasteiger partial charge in [0, 0.05) is 16.5 Å². The van der Waals surface area contributed by atoms with Crippen LogP contribution in [-0.4, -0.2) is 22.6 Å². The molecule has 1 unspecified atom stereocenters. The van der Waals surface area contributed by atoms with Gasteiger partial charge in [0.05, 0.1) is 16.2 Å². The molecular formula is C23H20N2O3S. The molecule has 146 valence electrons. The van der Waals surface area contributed by atoms with Crippen molar-refractivity contribution in [3.8, 4) is 0 Å². The Hall–Kier alpha value is -2.86. The lowest BCUT2D eigenvalue weighted by Gasteiger charge is -2.49. The molecule has 2 aromatic rings. The molecule has 3 heterocycles. The van der Waals surface area contributed by atoms with E-state index in [2.05, 4.69) is 44.3 Å². The first-order valence-electron chi connectivity index (χ1n) is 9.55. The summed E-state index contributed by atoms with van der Waals surface area (Å²) in [5.41, 5.74) is 3.44. The van der Waals surface area contributed by atoms with Gasteiger partial charge in [-0.2, -0.15) is 0 Å². The summed E-state index contributed by atoms with van der Waals surface area (Å²) in [5.74, 6) is -0.704. The van der Waals surface area contributed by atoms with E-state index in [4.69, 9.17) is 0 Å². The molecule has 1 atom stereocenters. The Labute approximate surface area is 173 Å². The quantitative estimate of drug-likeness (QED) is 0.723. The van der Waals surface area contributed by atoms with Crippen molar-refractivity contribution in [1.82, 2.24) is 5.32 Å². The lowest BCUT2D eigenvalue weighted by atomic mass is 9.65. The first-order chi connectivity index (χ1) is 13.7. The van der Waals surface area contributed by atoms with Crippen LogP contribution in [-0.2, 0) is 15.0 Å². The Bertz CT molecular complexity index is 1140. The standard InChI is InChI=1S/C23H20N2O3S/c1-22(2)12-23(3,13-8-5-4-6-9-13)15-11-7-10-14-16(20(27)25(22)17(14)15)18-19(26)24-21(28)29-18/h4-11H,12H2,1-3H3,(H,24,26,28). The van der Waals surface area contributed by atoms with E-state index in [-0.39, 0.29) is 16.2 Å². The van der Waals surface area contributed by atoms with Crippen molar-refractivity contribution in [1.29, 1.82) is 0 Å². The largest absolute Gasteiger partial charge is 0.302 e. The fraction of sp³-hybridized carbons (Fsp3) is 0.261. The zero-order valence-corrected chi connectivity index (χ0v) is 17.2. The van der Waals surface area contributed by atoms with Gasteiger partial charge in [0.15, 0.2) is 0 Å². The highest BCUT2D eigenvalue weighted by molar-refractivity contribution is 8.18. The Morgan fingerprint density at radius 3 is 2.34 bits per heavy atom. The zero-order valence-electron chi connectivity index (χ0n) is 16.4. The summed E-state index contributed by atoms with van der Waals surface area (Å²) in [6, 6.07) is 16.2. The molecule has 3 aliphatic rings. The van der Waals surface area contributed by atoms with Gasteiger partial charge in [0.2, 0.25) is 0 Å². The topological polar surface area (TPSA) is 66.5 Å². The SMILES string of the molecule is CC1(c2ccccc2)CC(C)(C)N2C(=O)C(=C3SC(=O)NC3=O)c3cccc1c32. The predicted molar refractivity (Wildman–Crippen MR) is 114 cm³/mol. The van der Waals surface area contributed by atoms with Gasteiger partial charge in [-0.1, -0.05) is 55.5 Å². The van der Waals surface area contributed by atoms with Crippen LogP contribution in [0.1, 0.15) is 43.9 Å². The molecule has 0 aliphatic carbocycles. The third-order valence-electron chi connectivity index (χ3n) is 6.19. The fourth-order valence-electron chi connectivity index (χ4n) is 5.14. The van der Waals surface area contributed by atoms with Gasteiger partial charge in [-0.3, -0.25) is 19.7 Å². The van der Waals surface area contributed by atoms with E-state index in [0.29, 0.717) is 5.57 Å². The summed E-state index contributed by atoms with van der Waals surface area (Å²) in [5, 5.41) is 1.84. The predicted octanol–water partition coefficient (Wildman–Crippen LogP) is 4.22. The van der Waals surface area contributed by atoms with Crippen LogP contribution in [0.4, 0.5) is 10.5 Å². The number of nitrogens with zero attached hydrogens (tertiary/aromatic N) is 1. The van der Waals surface area contributed by atoms with E-state index in [1.807, 2.05) is 35.2 Å². The zero-order chi connectivity index (χ0) is 20.6. The number of nitrogens with one attached hydrogen (secondary N) is 1. The lowest BCUT2D eigenvalue weighted by Crippen LogP contribution is -2.54. The van der Waals surface area contributed by atoms with E-state index in [1.165, 1.54) is 5.56 Å². The number of imide groups is 1. The van der Waals surface area contributed by atoms with Crippen molar-refractivity contribution in [2.24, 2.45) is 0 Å². The second kappa shape index (κ2) is 5.83. The van der Waals surface area contributed by atoms with Crippen LogP contribution in [0.3, 0.4) is 0 Å². The minimum absolute atomic E-state index is 0.194. The first kappa shape index (κ1) is 18.2. The molecule has 1 fully saturated rings. The Morgan fingerprint density at radius 2 is 1.69 bits per heavy atom. The molecule has 0 spiro atoms. The minimum atomic E-state index is -0.496. The van der Waals surface area contributed by atoms with Gasteiger partial charge in [0.1, 0.15) is 0 Å². The number of thioether (sulfide) groups is 1. The molecule has 3 aliphatic heterocycles. The number of amides is 3. The van der Waals surface area contributed by atoms with E-state index in [1.54, 1.807) is 0 Å². The van der Waals surface area contributed by atoms with E-state index in [0.717, 1.165) is 35.0 Å². The molecule has 1 N–H and O–H groups in total. The van der Waals surface area contributed by atoms with Crippen LogP contribution in [0.15, 0.2) is 53.4 Å². The molecule has 6 heteroatoms. The monoisotopic (exact) mass is 404 g/mol. The normalized spacial score (nSPS) is 27.3. The van der Waals surface area contributed by atoms with Gasteiger partial charge in [0.25, 0.3) is 17.1 Å². The summed E-state index contributed by atoms with van der Waals surface area (Å²) in [7, 11) is 0. The van der Waals surface area contributed by atoms with E-state index < -0.39 is 16.7 Å². The summed E-state index contributed by atoms with van der Waals surface area (Å²) in [6.45, 7) is 6.34. The smallest absolute Gasteiger partial charge is 0.290 e. The molecule has 29 heavy (non-hydrogen) atoms. The van der Waals surface area contributed by atoms with Crippen molar-refractivity contribution >= 4 is 40.1 Å². The van der Waals surface area contributed by atoms with Gasteiger partial charge in [-0.25, -0.2) is 0 Å². The minimum Gasteiger partial charge on any atom is -0.302 e. The van der Waals surface area contributed by atoms with Crippen molar-refractivity contribution in [2.75, 3.05) is 4.90 Å². The van der Waals surface area contributed by atoms with Crippen molar-refractivity contribution in [3.05, 3.63) is 70.1 Å². The van der Waals surface area contributed by atoms with Crippen LogP contribution in [0, 0.1) is 0 Å². The molecule has 0 bridgehead atoms. The van der Waals surface area contributed by atoms with Crippen LogP contribution in [0.25, 0.3) is 5.57 Å². The van der Waals surface area contributed by atoms with Crippen molar-refractivity contribution < 1.29 is 14.4 Å². The van der Waals surface area contributed by atoms with E-state index >= 15 is 0 Å². The Balaban J connectivity index is 1.82. The Kier molecular flexibility index (Phi) is 3.65. The molecule has 2 aromatic carbocycles. The van der Waals surface area contributed by atoms with Gasteiger partial charge in [-0.05, 0) is 43.2 Å². The third-order valence-corrected chi connectivity index (χ3v) is 7.07. The molecular weight excluding hydrogens is 384 g/mol. The highest BCUT2D eigenvalue weighted by Gasteiger charge is 2.53. The highest BCUT2D eigenvalue weighted by Crippen LogP contribution is 2.57. The average Bonchev–Trinajstić information content (AvgIpc) is 3.16. The molecule has 3 amide bonds. The lowest BCUT2D eigenvalue weighted by molar-refractivity contribution is -0.116. The van der Waals surface area contributed by atoms with Crippen LogP contribution in [0.5, 0.6) is 0 Å². The number of carbonyl (C=O) groups excluding carboxylic acids is 3. The number of anilines is 1. The summed E-state index contributed by atoms with van der Waals surface area (Å²) in [4.78, 5) is 39.7. The number of rotatable bonds is 1. The number of carbonyl (C=O) groups is 3. The molecule has 1 saturated heterocycles. The molecule has 0 saturated carbocycles. The van der Waals surface area contributed by atoms with Gasteiger partial charge < -0.3 is 4.90 Å². The maximum Gasteiger partial charge on any atom is 0.290 e. The molecule has 0 radical (unpaired) electrons. The Morgan fingerprint density at radius 1 is 0.966 bits per heavy atom. The fourth-order valence-corrected chi connectivity index (χ4v) is 5.91. The maximum atomic E-state index is 13.5.